The first-order valence-corrected chi connectivity index (χ1v) is 5.51. The first-order chi connectivity index (χ1) is 6.98. The van der Waals surface area contributed by atoms with E-state index in [2.05, 4.69) is 13.8 Å². The fraction of sp³-hybridized carbons (Fsp3) is 0.500. The fourth-order valence-electron chi connectivity index (χ4n) is 2.56. The third kappa shape index (κ3) is 1.66. The van der Waals surface area contributed by atoms with Gasteiger partial charge in [-0.2, -0.15) is 0 Å². The highest BCUT2D eigenvalue weighted by Gasteiger charge is 2.57. The lowest BCUT2D eigenvalue weighted by Crippen LogP contribution is -2.05. The number of halogens is 2. The summed E-state index contributed by atoms with van der Waals surface area (Å²) in [5, 5.41) is 0.518. The molecular weight excluding hydrogens is 213 g/mol. The van der Waals surface area contributed by atoms with E-state index in [9.17, 15) is 4.39 Å². The molecule has 0 heterocycles. The summed E-state index contributed by atoms with van der Waals surface area (Å²) in [6.07, 6.45) is 0. The second-order valence-electron chi connectivity index (χ2n) is 4.81. The number of benzene rings is 1. The molecular formula is C12H15ClFN. The van der Waals surface area contributed by atoms with E-state index in [1.807, 2.05) is 0 Å². The van der Waals surface area contributed by atoms with Gasteiger partial charge in [0, 0.05) is 5.02 Å². The van der Waals surface area contributed by atoms with Gasteiger partial charge in [0.25, 0.3) is 0 Å². The van der Waals surface area contributed by atoms with Crippen molar-refractivity contribution in [3.05, 3.63) is 34.6 Å². The zero-order chi connectivity index (χ0) is 11.2. The van der Waals surface area contributed by atoms with Gasteiger partial charge in [-0.25, -0.2) is 4.39 Å². The Bertz CT molecular complexity index is 389. The summed E-state index contributed by atoms with van der Waals surface area (Å²) in [5.74, 6) is 0.544. The van der Waals surface area contributed by atoms with Crippen molar-refractivity contribution in [2.45, 2.75) is 19.8 Å². The topological polar surface area (TPSA) is 26.0 Å². The smallest absolute Gasteiger partial charge is 0.124 e. The Morgan fingerprint density at radius 2 is 2.13 bits per heavy atom. The van der Waals surface area contributed by atoms with Gasteiger partial charge in [0.05, 0.1) is 0 Å². The van der Waals surface area contributed by atoms with E-state index in [1.54, 1.807) is 6.07 Å². The molecule has 0 radical (unpaired) electrons. The number of rotatable bonds is 2. The zero-order valence-corrected chi connectivity index (χ0v) is 9.68. The normalized spacial score (nSPS) is 27.8. The highest BCUT2D eigenvalue weighted by Crippen LogP contribution is 2.64. The van der Waals surface area contributed by atoms with Crippen molar-refractivity contribution in [2.75, 3.05) is 6.54 Å². The first kappa shape index (κ1) is 10.9. The molecule has 2 N–H and O–H groups in total. The average Bonchev–Trinajstić information content (AvgIpc) is 2.68. The predicted octanol–water partition coefficient (Wildman–Crippen LogP) is 3.18. The monoisotopic (exact) mass is 227 g/mol. The molecule has 0 spiro atoms. The molecule has 3 heteroatoms. The zero-order valence-electron chi connectivity index (χ0n) is 8.93. The van der Waals surface area contributed by atoms with Crippen LogP contribution >= 0.6 is 11.6 Å². The van der Waals surface area contributed by atoms with Crippen molar-refractivity contribution < 1.29 is 4.39 Å². The largest absolute Gasteiger partial charge is 0.330 e. The van der Waals surface area contributed by atoms with Crippen LogP contribution in [-0.4, -0.2) is 6.54 Å². The van der Waals surface area contributed by atoms with Gasteiger partial charge in [-0.3, -0.25) is 0 Å². The van der Waals surface area contributed by atoms with Gasteiger partial charge in [-0.05, 0) is 41.5 Å². The van der Waals surface area contributed by atoms with Crippen molar-refractivity contribution in [3.8, 4) is 0 Å². The Labute approximate surface area is 94.4 Å². The molecule has 0 bridgehead atoms. The summed E-state index contributed by atoms with van der Waals surface area (Å²) in [7, 11) is 0. The highest BCUT2D eigenvalue weighted by molar-refractivity contribution is 6.31. The number of hydrogen-bond donors (Lipinski definition) is 1. The van der Waals surface area contributed by atoms with Gasteiger partial charge >= 0.3 is 0 Å². The number of nitrogens with two attached hydrogens (primary N) is 1. The van der Waals surface area contributed by atoms with E-state index in [4.69, 9.17) is 17.3 Å². The Morgan fingerprint density at radius 1 is 1.47 bits per heavy atom. The van der Waals surface area contributed by atoms with Crippen molar-refractivity contribution in [2.24, 2.45) is 17.1 Å². The van der Waals surface area contributed by atoms with Crippen LogP contribution in [0.15, 0.2) is 18.2 Å². The van der Waals surface area contributed by atoms with Crippen molar-refractivity contribution >= 4 is 11.6 Å². The molecule has 0 amide bonds. The molecule has 0 aliphatic heterocycles. The molecule has 1 aliphatic carbocycles. The minimum Gasteiger partial charge on any atom is -0.330 e. The van der Waals surface area contributed by atoms with Crippen LogP contribution in [0.2, 0.25) is 5.02 Å². The third-order valence-corrected chi connectivity index (χ3v) is 3.93. The predicted molar refractivity (Wildman–Crippen MR) is 60.5 cm³/mol. The van der Waals surface area contributed by atoms with Gasteiger partial charge < -0.3 is 5.73 Å². The maximum absolute atomic E-state index is 12.9. The summed E-state index contributed by atoms with van der Waals surface area (Å²) in [6.45, 7) is 5.01. The summed E-state index contributed by atoms with van der Waals surface area (Å²) in [6, 6.07) is 4.61. The molecule has 0 saturated heterocycles. The van der Waals surface area contributed by atoms with Gasteiger partial charge in [0.15, 0.2) is 0 Å². The molecule has 82 valence electrons. The van der Waals surface area contributed by atoms with E-state index in [0.717, 1.165) is 5.56 Å². The molecule has 1 saturated carbocycles. The fourth-order valence-corrected chi connectivity index (χ4v) is 2.84. The molecule has 2 atom stereocenters. The minimum absolute atomic E-state index is 0.191. The lowest BCUT2D eigenvalue weighted by atomic mass is 10.0. The molecule has 15 heavy (non-hydrogen) atoms. The van der Waals surface area contributed by atoms with Crippen LogP contribution in [0, 0.1) is 17.2 Å². The first-order valence-electron chi connectivity index (χ1n) is 5.13. The van der Waals surface area contributed by atoms with Crippen molar-refractivity contribution in [1.82, 2.24) is 0 Å². The van der Waals surface area contributed by atoms with E-state index < -0.39 is 0 Å². The Morgan fingerprint density at radius 3 is 2.60 bits per heavy atom. The summed E-state index contributed by atoms with van der Waals surface area (Å²) in [5.41, 5.74) is 6.92. The molecule has 1 aromatic rings. The minimum atomic E-state index is -0.286. The van der Waals surface area contributed by atoms with Crippen LogP contribution in [0.4, 0.5) is 4.39 Å². The Hall–Kier alpha value is -0.600. The van der Waals surface area contributed by atoms with E-state index in [0.29, 0.717) is 23.4 Å². The highest BCUT2D eigenvalue weighted by atomic mass is 35.5. The standard InChI is InChI=1S/C12H15ClFN/c1-12(2)9(6-15)11(12)8-4-3-7(14)5-10(8)13/h3-5,9,11H,6,15H2,1-2H3/t9-,11-/m1/s1. The molecule has 2 rings (SSSR count). The summed E-state index contributed by atoms with van der Waals surface area (Å²) < 4.78 is 12.9. The molecule has 1 aliphatic rings. The SMILES string of the molecule is CC1(C)[C@H](CN)[C@H]1c1ccc(F)cc1Cl. The summed E-state index contributed by atoms with van der Waals surface area (Å²) >= 11 is 6.03. The van der Waals surface area contributed by atoms with E-state index in [1.165, 1.54) is 12.1 Å². The Kier molecular flexibility index (Phi) is 2.52. The average molecular weight is 228 g/mol. The molecule has 1 fully saturated rings. The number of hydrogen-bond acceptors (Lipinski definition) is 1. The van der Waals surface area contributed by atoms with Crippen molar-refractivity contribution in [3.63, 3.8) is 0 Å². The van der Waals surface area contributed by atoms with Crippen LogP contribution in [0.1, 0.15) is 25.3 Å². The summed E-state index contributed by atoms with van der Waals surface area (Å²) in [4.78, 5) is 0. The molecule has 0 aromatic heterocycles. The third-order valence-electron chi connectivity index (χ3n) is 3.60. The lowest BCUT2D eigenvalue weighted by molar-refractivity contribution is 0.558. The molecule has 1 nitrogen and oxygen atoms in total. The quantitative estimate of drug-likeness (QED) is 0.825. The van der Waals surface area contributed by atoms with Crippen LogP contribution in [0.25, 0.3) is 0 Å². The Balaban J connectivity index is 2.33. The van der Waals surface area contributed by atoms with Crippen LogP contribution < -0.4 is 5.73 Å². The maximum Gasteiger partial charge on any atom is 0.124 e. The second kappa shape index (κ2) is 3.46. The van der Waals surface area contributed by atoms with E-state index in [-0.39, 0.29) is 11.2 Å². The molecule has 1 aromatic carbocycles. The maximum atomic E-state index is 12.9. The van der Waals surface area contributed by atoms with Crippen LogP contribution in [-0.2, 0) is 0 Å². The second-order valence-corrected chi connectivity index (χ2v) is 5.21. The van der Waals surface area contributed by atoms with Crippen molar-refractivity contribution in [1.29, 1.82) is 0 Å². The van der Waals surface area contributed by atoms with Crippen LogP contribution in [0.5, 0.6) is 0 Å². The van der Waals surface area contributed by atoms with Gasteiger partial charge in [-0.15, -0.1) is 0 Å². The molecule has 0 unspecified atom stereocenters. The van der Waals surface area contributed by atoms with Gasteiger partial charge in [0.2, 0.25) is 0 Å². The lowest BCUT2D eigenvalue weighted by Gasteiger charge is -2.05. The van der Waals surface area contributed by atoms with Gasteiger partial charge in [-0.1, -0.05) is 31.5 Å². The van der Waals surface area contributed by atoms with E-state index >= 15 is 0 Å². The van der Waals surface area contributed by atoms with Gasteiger partial charge in [0.1, 0.15) is 5.82 Å². The van der Waals surface area contributed by atoms with Crippen LogP contribution in [0.3, 0.4) is 0 Å².